The first-order valence-electron chi connectivity index (χ1n) is 32.2. The van der Waals surface area contributed by atoms with Crippen molar-refractivity contribution in [3.63, 3.8) is 0 Å². The van der Waals surface area contributed by atoms with Crippen molar-refractivity contribution in [1.29, 1.82) is 0 Å². The zero-order valence-corrected chi connectivity index (χ0v) is 51.6. The van der Waals surface area contributed by atoms with Gasteiger partial charge in [-0.05, 0) is 135 Å². The van der Waals surface area contributed by atoms with Gasteiger partial charge in [-0.3, -0.25) is 14.4 Å². The molecule has 6 atom stereocenters. The molecule has 0 aromatic heterocycles. The zero-order valence-electron chi connectivity index (χ0n) is 51.6. The van der Waals surface area contributed by atoms with Crippen molar-refractivity contribution in [1.82, 2.24) is 0 Å². The van der Waals surface area contributed by atoms with Gasteiger partial charge in [-0.2, -0.15) is 0 Å². The third-order valence-electron chi connectivity index (χ3n) is 13.7. The normalized spacial score (nSPS) is 18.5. The summed E-state index contributed by atoms with van der Waals surface area (Å²) < 4.78 is 28.4. The summed E-state index contributed by atoms with van der Waals surface area (Å²) in [6.07, 6.45) is 68.4. The fourth-order valence-corrected chi connectivity index (χ4v) is 8.83. The molecule has 12 heteroatoms. The molecule has 0 aliphatic carbocycles. The van der Waals surface area contributed by atoms with Gasteiger partial charge in [-0.1, -0.05) is 219 Å². The number of unbranched alkanes of at least 4 members (excludes halogenated alkanes) is 17. The molecule has 0 spiro atoms. The highest BCUT2D eigenvalue weighted by molar-refractivity contribution is 5.74. The summed E-state index contributed by atoms with van der Waals surface area (Å²) in [4.78, 5) is 51.3. The van der Waals surface area contributed by atoms with Crippen LogP contribution in [0.2, 0.25) is 0 Å². The first-order chi connectivity index (χ1) is 40.6. The van der Waals surface area contributed by atoms with Gasteiger partial charge in [-0.15, -0.1) is 0 Å². The maximum Gasteiger partial charge on any atom is 0.335 e. The van der Waals surface area contributed by atoms with Crippen LogP contribution in [-0.4, -0.2) is 89.2 Å². The van der Waals surface area contributed by atoms with E-state index in [1.165, 1.54) is 51.4 Å². The quantitative estimate of drug-likeness (QED) is 0.0228. The molecule has 1 saturated heterocycles. The van der Waals surface area contributed by atoms with E-state index in [0.717, 1.165) is 128 Å². The van der Waals surface area contributed by atoms with Crippen molar-refractivity contribution in [2.24, 2.45) is 0 Å². The molecule has 0 radical (unpaired) electrons. The molecule has 0 aromatic carbocycles. The SMILES string of the molecule is CC/C=C\C/C=C\C/C=C\C/C=C\C/C=C\CCCCCC(=O)OCC(COC1OC(C(=O)O)C(O)C(O)C1OC(=O)CCCCCCCCCCC/C=C\C/C=C\CCCCC)OC(=O)CCCC/C=C\C/C=C\C/C=C\C/C=C\CC. The largest absolute Gasteiger partial charge is 0.479 e. The molecule has 6 unspecified atom stereocenters. The van der Waals surface area contributed by atoms with Gasteiger partial charge in [0.05, 0.1) is 6.61 Å². The number of carbonyl (C=O) groups is 4. The maximum absolute atomic E-state index is 13.2. The summed E-state index contributed by atoms with van der Waals surface area (Å²) >= 11 is 0. The van der Waals surface area contributed by atoms with E-state index in [-0.39, 0.29) is 25.9 Å². The summed E-state index contributed by atoms with van der Waals surface area (Å²) in [6.45, 7) is 5.68. The second-order valence-electron chi connectivity index (χ2n) is 21.3. The van der Waals surface area contributed by atoms with E-state index < -0.39 is 67.3 Å². The number of carbonyl (C=O) groups excluding carboxylic acids is 3. The Morgan fingerprint density at radius 1 is 0.410 bits per heavy atom. The van der Waals surface area contributed by atoms with Crippen LogP contribution in [0.25, 0.3) is 0 Å². The minimum atomic E-state index is -1.92. The minimum absolute atomic E-state index is 0.0401. The van der Waals surface area contributed by atoms with E-state index in [0.29, 0.717) is 19.3 Å². The molecule has 1 aliphatic rings. The van der Waals surface area contributed by atoms with Gasteiger partial charge >= 0.3 is 23.9 Å². The van der Waals surface area contributed by atoms with E-state index in [1.807, 2.05) is 0 Å². The van der Waals surface area contributed by atoms with Gasteiger partial charge in [0.25, 0.3) is 0 Å². The van der Waals surface area contributed by atoms with Crippen molar-refractivity contribution in [3.05, 3.63) is 134 Å². The fourth-order valence-electron chi connectivity index (χ4n) is 8.83. The molecule has 0 bridgehead atoms. The average Bonchev–Trinajstić information content (AvgIpc) is 3.57. The van der Waals surface area contributed by atoms with Gasteiger partial charge < -0.3 is 39.0 Å². The van der Waals surface area contributed by atoms with Crippen LogP contribution in [0.4, 0.5) is 0 Å². The molecule has 12 nitrogen and oxygen atoms in total. The van der Waals surface area contributed by atoms with Crippen LogP contribution in [-0.2, 0) is 42.9 Å². The van der Waals surface area contributed by atoms with Crippen molar-refractivity contribution in [3.8, 4) is 0 Å². The Morgan fingerprint density at radius 3 is 1.19 bits per heavy atom. The van der Waals surface area contributed by atoms with Crippen LogP contribution in [0, 0.1) is 0 Å². The average molecular weight is 1160 g/mol. The number of hydrogen-bond donors (Lipinski definition) is 3. The van der Waals surface area contributed by atoms with E-state index in [2.05, 4.69) is 154 Å². The summed E-state index contributed by atoms with van der Waals surface area (Å²) in [5.41, 5.74) is 0. The van der Waals surface area contributed by atoms with Crippen LogP contribution in [0.5, 0.6) is 0 Å². The monoisotopic (exact) mass is 1160 g/mol. The second kappa shape index (κ2) is 57.3. The van der Waals surface area contributed by atoms with E-state index in [1.54, 1.807) is 0 Å². The van der Waals surface area contributed by atoms with Gasteiger partial charge in [-0.25, -0.2) is 4.79 Å². The number of aliphatic carboxylic acids is 1. The third kappa shape index (κ3) is 46.9. The molecule has 83 heavy (non-hydrogen) atoms. The topological polar surface area (TPSA) is 175 Å². The van der Waals surface area contributed by atoms with E-state index >= 15 is 0 Å². The van der Waals surface area contributed by atoms with Crippen LogP contribution in [0.3, 0.4) is 0 Å². The van der Waals surface area contributed by atoms with Crippen LogP contribution < -0.4 is 0 Å². The predicted molar refractivity (Wildman–Crippen MR) is 340 cm³/mol. The maximum atomic E-state index is 13.2. The Bertz CT molecular complexity index is 1950. The molecule has 468 valence electrons. The van der Waals surface area contributed by atoms with Crippen molar-refractivity contribution >= 4 is 23.9 Å². The number of carboxylic acids is 1. The standard InChI is InChI=1S/C71H112O12/c1-4-7-10-13-16-19-22-25-28-30-32-34-37-39-42-45-48-51-54-57-63(72)79-60-62(81-64(73)58-55-52-49-46-43-40-36-27-24-21-18-15-12-9-6-3)61-80-71-69(67(76)66(75)68(83-71)70(77)78)82-65(74)59-56-53-50-47-44-41-38-35-33-31-29-26-23-20-17-14-11-8-5-2/h7,9-10,12,16-21,25-29,32,34,36,39,42-43,46,62,66-69,71,75-76H,4-6,8,11,13-15,22-24,30-31,33,35,37-38,40-41,44-45,47-61H2,1-3H3,(H,77,78)/b10-7-,12-9-,19-16-,20-17-,21-18-,28-25-,29-26-,34-32-,36-27-,42-39-,46-43-. The highest BCUT2D eigenvalue weighted by Crippen LogP contribution is 2.26. The summed E-state index contributed by atoms with van der Waals surface area (Å²) in [5, 5.41) is 31.6. The number of esters is 3. The number of carboxylic acid groups (broad SMARTS) is 1. The van der Waals surface area contributed by atoms with Gasteiger partial charge in [0.2, 0.25) is 0 Å². The Kier molecular flexibility index (Phi) is 52.4. The Balaban J connectivity index is 2.71. The van der Waals surface area contributed by atoms with Crippen LogP contribution in [0.1, 0.15) is 239 Å². The Morgan fingerprint density at radius 2 is 0.759 bits per heavy atom. The smallest absolute Gasteiger partial charge is 0.335 e. The number of aliphatic hydroxyl groups excluding tert-OH is 2. The lowest BCUT2D eigenvalue weighted by atomic mass is 9.98. The summed E-state index contributed by atoms with van der Waals surface area (Å²) in [5.74, 6) is -3.24. The summed E-state index contributed by atoms with van der Waals surface area (Å²) in [7, 11) is 0. The lowest BCUT2D eigenvalue weighted by Crippen LogP contribution is -2.61. The molecule has 1 heterocycles. The molecule has 0 saturated carbocycles. The van der Waals surface area contributed by atoms with Crippen molar-refractivity contribution in [2.45, 2.75) is 276 Å². The molecule has 1 fully saturated rings. The van der Waals surface area contributed by atoms with Gasteiger partial charge in [0, 0.05) is 19.3 Å². The second-order valence-corrected chi connectivity index (χ2v) is 21.3. The van der Waals surface area contributed by atoms with Gasteiger partial charge in [0.1, 0.15) is 18.8 Å². The number of aliphatic hydroxyl groups is 2. The van der Waals surface area contributed by atoms with E-state index in [4.69, 9.17) is 23.7 Å². The fraction of sp³-hybridized carbons (Fsp3) is 0.634. The molecule has 3 N–H and O–H groups in total. The number of ether oxygens (including phenoxy) is 5. The Hall–Kier alpha value is -5.14. The van der Waals surface area contributed by atoms with Crippen molar-refractivity contribution in [2.75, 3.05) is 13.2 Å². The highest BCUT2D eigenvalue weighted by atomic mass is 16.7. The Labute approximate surface area is 502 Å². The first-order valence-corrected chi connectivity index (χ1v) is 32.2. The first kappa shape index (κ1) is 75.9. The molecule has 1 rings (SSSR count). The highest BCUT2D eigenvalue weighted by Gasteiger charge is 2.50. The summed E-state index contributed by atoms with van der Waals surface area (Å²) in [6, 6.07) is 0. The van der Waals surface area contributed by atoms with E-state index in [9.17, 15) is 34.5 Å². The molecular formula is C71H112O12. The number of hydrogen-bond acceptors (Lipinski definition) is 11. The predicted octanol–water partition coefficient (Wildman–Crippen LogP) is 17.3. The molecule has 0 aromatic rings. The zero-order chi connectivity index (χ0) is 60.3. The van der Waals surface area contributed by atoms with Gasteiger partial charge in [0.15, 0.2) is 24.6 Å². The van der Waals surface area contributed by atoms with Crippen molar-refractivity contribution < 1.29 is 58.2 Å². The molecule has 0 amide bonds. The number of allylic oxidation sites excluding steroid dienone is 22. The lowest BCUT2D eigenvalue weighted by molar-refractivity contribution is -0.301. The van der Waals surface area contributed by atoms with Crippen LogP contribution in [0.15, 0.2) is 134 Å². The lowest BCUT2D eigenvalue weighted by Gasteiger charge is -2.40. The van der Waals surface area contributed by atoms with Crippen LogP contribution >= 0.6 is 0 Å². The third-order valence-corrected chi connectivity index (χ3v) is 13.7. The molecule has 1 aliphatic heterocycles. The molecular weight excluding hydrogens is 1040 g/mol. The minimum Gasteiger partial charge on any atom is -0.479 e. The number of rotatable bonds is 53.